The fourth-order valence-electron chi connectivity index (χ4n) is 5.25. The molecule has 12 heteroatoms. The van der Waals surface area contributed by atoms with Gasteiger partial charge in [0.2, 0.25) is 6.29 Å². The molecule has 2 aliphatic heterocycles. The maximum Gasteiger partial charge on any atom is 0.334 e. The Morgan fingerprint density at radius 3 is 2.45 bits per heavy atom. The van der Waals surface area contributed by atoms with Gasteiger partial charge in [-0.15, -0.1) is 0 Å². The van der Waals surface area contributed by atoms with E-state index in [2.05, 4.69) is 0 Å². The Labute approximate surface area is 218 Å². The maximum atomic E-state index is 12.8. The molecule has 0 aromatic heterocycles. The number of benzene rings is 1. The van der Waals surface area contributed by atoms with E-state index < -0.39 is 73.0 Å². The van der Waals surface area contributed by atoms with Gasteiger partial charge in [-0.25, -0.2) is 9.59 Å². The van der Waals surface area contributed by atoms with E-state index >= 15 is 0 Å². The van der Waals surface area contributed by atoms with Crippen LogP contribution < -0.4 is 4.74 Å². The molecule has 4 rings (SSSR count). The van der Waals surface area contributed by atoms with E-state index in [0.29, 0.717) is 18.6 Å². The quantitative estimate of drug-likeness (QED) is 0.225. The lowest BCUT2D eigenvalue weighted by molar-refractivity contribution is -0.346. The van der Waals surface area contributed by atoms with Gasteiger partial charge in [0.1, 0.15) is 35.8 Å². The normalized spacial score (nSPS) is 36.7. The van der Waals surface area contributed by atoms with Crippen molar-refractivity contribution in [2.24, 2.45) is 11.8 Å². The van der Waals surface area contributed by atoms with Crippen LogP contribution >= 0.6 is 0 Å². The summed E-state index contributed by atoms with van der Waals surface area (Å²) in [6, 6.07) is 7.01. The summed E-state index contributed by atoms with van der Waals surface area (Å²) in [4.78, 5) is 24.7. The zero-order valence-electron chi connectivity index (χ0n) is 20.9. The molecule has 208 valence electrons. The number of carbonyl (C=O) groups excluding carboxylic acids is 1. The van der Waals surface area contributed by atoms with Crippen LogP contribution in [0.5, 0.6) is 5.75 Å². The van der Waals surface area contributed by atoms with E-state index in [1.807, 2.05) is 0 Å². The number of aliphatic hydroxyl groups is 4. The molecule has 38 heavy (non-hydrogen) atoms. The number of rotatable bonds is 8. The Morgan fingerprint density at radius 1 is 1.11 bits per heavy atom. The summed E-state index contributed by atoms with van der Waals surface area (Å²) >= 11 is 0. The molecular formula is C26H32O12. The van der Waals surface area contributed by atoms with E-state index in [1.165, 1.54) is 6.08 Å². The highest BCUT2D eigenvalue weighted by Crippen LogP contribution is 2.51. The van der Waals surface area contributed by atoms with Gasteiger partial charge >= 0.3 is 11.9 Å². The van der Waals surface area contributed by atoms with Crippen LogP contribution in [0.2, 0.25) is 0 Å². The number of esters is 1. The van der Waals surface area contributed by atoms with Crippen molar-refractivity contribution in [1.29, 1.82) is 0 Å². The van der Waals surface area contributed by atoms with Gasteiger partial charge in [0.05, 0.1) is 31.5 Å². The summed E-state index contributed by atoms with van der Waals surface area (Å²) in [6.45, 7) is 0.996. The molecule has 1 saturated carbocycles. The first kappa shape index (κ1) is 28.0. The fourth-order valence-corrected chi connectivity index (χ4v) is 5.25. The average Bonchev–Trinajstić information content (AvgIpc) is 3.25. The van der Waals surface area contributed by atoms with Crippen molar-refractivity contribution in [3.63, 3.8) is 0 Å². The van der Waals surface area contributed by atoms with Crippen LogP contribution in [0, 0.1) is 11.8 Å². The van der Waals surface area contributed by atoms with E-state index in [4.69, 9.17) is 23.7 Å². The first-order valence-corrected chi connectivity index (χ1v) is 12.2. The van der Waals surface area contributed by atoms with Crippen molar-refractivity contribution < 1.29 is 58.8 Å². The summed E-state index contributed by atoms with van der Waals surface area (Å²) in [5, 5.41) is 49.7. The van der Waals surface area contributed by atoms with Crippen LogP contribution in [0.4, 0.5) is 0 Å². The molecule has 1 aliphatic carbocycles. The first-order valence-electron chi connectivity index (χ1n) is 12.2. The predicted molar refractivity (Wildman–Crippen MR) is 128 cm³/mol. The zero-order valence-corrected chi connectivity index (χ0v) is 20.9. The molecule has 1 unspecified atom stereocenters. The Bertz CT molecular complexity index is 1070. The third-order valence-corrected chi connectivity index (χ3v) is 7.34. The topological polar surface area (TPSA) is 181 Å². The van der Waals surface area contributed by atoms with Crippen molar-refractivity contribution in [1.82, 2.24) is 0 Å². The van der Waals surface area contributed by atoms with E-state index in [1.54, 1.807) is 44.4 Å². The predicted octanol–water partition coefficient (Wildman–Crippen LogP) is 0.178. The smallest absolute Gasteiger partial charge is 0.334 e. The molecule has 0 amide bonds. The van der Waals surface area contributed by atoms with Crippen molar-refractivity contribution in [2.75, 3.05) is 13.7 Å². The Kier molecular flexibility index (Phi) is 8.40. The second kappa shape index (κ2) is 11.4. The molecule has 0 spiro atoms. The van der Waals surface area contributed by atoms with Crippen molar-refractivity contribution >= 4 is 18.0 Å². The molecule has 1 aromatic carbocycles. The minimum atomic E-state index is -1.69. The number of hydrogen-bond donors (Lipinski definition) is 5. The number of carbonyl (C=O) groups is 2. The Hall–Kier alpha value is -3.00. The molecule has 3 aliphatic rings. The first-order chi connectivity index (χ1) is 18.1. The molecule has 0 radical (unpaired) electrons. The van der Waals surface area contributed by atoms with Crippen LogP contribution in [-0.2, 0) is 28.5 Å². The number of fused-ring (bicyclic) bond motifs is 1. The molecule has 1 aromatic rings. The van der Waals surface area contributed by atoms with Crippen LogP contribution in [-0.4, -0.2) is 93.8 Å². The number of carboxylic acids is 1. The number of ether oxygens (including phenoxy) is 5. The number of aliphatic hydroxyl groups excluding tert-OH is 4. The van der Waals surface area contributed by atoms with Gasteiger partial charge in [-0.2, -0.15) is 0 Å². The third kappa shape index (κ3) is 5.55. The van der Waals surface area contributed by atoms with Gasteiger partial charge < -0.3 is 49.2 Å². The van der Waals surface area contributed by atoms with Gasteiger partial charge in [-0.3, -0.25) is 0 Å². The highest BCUT2D eigenvalue weighted by molar-refractivity contribution is 5.88. The highest BCUT2D eigenvalue weighted by atomic mass is 16.8. The van der Waals surface area contributed by atoms with E-state index in [-0.39, 0.29) is 5.57 Å². The van der Waals surface area contributed by atoms with Crippen LogP contribution in [0.3, 0.4) is 0 Å². The molecule has 5 N–H and O–H groups in total. The molecule has 12 nitrogen and oxygen atoms in total. The summed E-state index contributed by atoms with van der Waals surface area (Å²) in [5.41, 5.74) is -0.505. The molecular weight excluding hydrogens is 504 g/mol. The fraction of sp³-hybridized carbons (Fsp3) is 0.538. The second-order valence-electron chi connectivity index (χ2n) is 9.73. The minimum Gasteiger partial charge on any atom is -0.497 e. The molecule has 2 heterocycles. The summed E-state index contributed by atoms with van der Waals surface area (Å²) in [6.07, 6.45) is -4.39. The lowest BCUT2D eigenvalue weighted by atomic mass is 9.81. The highest BCUT2D eigenvalue weighted by Gasteiger charge is 2.58. The standard InChI is InChI=1S/C26H32O12/c1-26(38-18(28)8-5-13-3-6-14(34-2)7-4-13)10-9-15-16(23(32)33)12-35-24(19(15)26)37-25-22(31)21(30)20(29)17(11-27)36-25/h3-8,12,15,17,19-22,24-25,27,29-31H,9-11H2,1-2H3,(H,32,33)/b8-5+/t15?,17-,19-,20-,21+,22-,24+,25+,26-/m1/s1. The summed E-state index contributed by atoms with van der Waals surface area (Å²) in [7, 11) is 1.55. The van der Waals surface area contributed by atoms with Crippen molar-refractivity contribution in [3.8, 4) is 5.75 Å². The largest absolute Gasteiger partial charge is 0.497 e. The molecule has 0 bridgehead atoms. The SMILES string of the molecule is COc1ccc(/C=C/C(=O)O[C@]2(C)CCC3C(C(=O)O)=CO[C@@H](O[C@@H]4O[C@H](CO)[C@@H](O)[C@H](O)[C@H]4O)[C@@H]32)cc1. The van der Waals surface area contributed by atoms with Gasteiger partial charge in [-0.05, 0) is 43.5 Å². The van der Waals surface area contributed by atoms with Gasteiger partial charge in [-0.1, -0.05) is 12.1 Å². The van der Waals surface area contributed by atoms with Crippen LogP contribution in [0.25, 0.3) is 6.08 Å². The maximum absolute atomic E-state index is 12.8. The zero-order chi connectivity index (χ0) is 27.6. The lowest BCUT2D eigenvalue weighted by Crippen LogP contribution is -2.60. The van der Waals surface area contributed by atoms with Crippen molar-refractivity contribution in [2.45, 2.75) is 62.4 Å². The number of hydrogen-bond acceptors (Lipinski definition) is 11. The molecule has 2 fully saturated rings. The van der Waals surface area contributed by atoms with E-state index in [9.17, 15) is 35.1 Å². The summed E-state index contributed by atoms with van der Waals surface area (Å²) < 4.78 is 27.8. The summed E-state index contributed by atoms with van der Waals surface area (Å²) in [5.74, 6) is -2.62. The monoisotopic (exact) mass is 536 g/mol. The lowest BCUT2D eigenvalue weighted by Gasteiger charge is -2.44. The third-order valence-electron chi connectivity index (χ3n) is 7.34. The number of carboxylic acid groups (broad SMARTS) is 1. The Balaban J connectivity index is 1.54. The van der Waals surface area contributed by atoms with Gasteiger partial charge in [0.15, 0.2) is 6.29 Å². The molecule has 1 saturated heterocycles. The van der Waals surface area contributed by atoms with Gasteiger partial charge in [0.25, 0.3) is 0 Å². The van der Waals surface area contributed by atoms with Gasteiger partial charge in [0, 0.05) is 12.0 Å². The average molecular weight is 537 g/mol. The van der Waals surface area contributed by atoms with Crippen molar-refractivity contribution in [3.05, 3.63) is 47.7 Å². The van der Waals surface area contributed by atoms with Crippen LogP contribution in [0.1, 0.15) is 25.3 Å². The van der Waals surface area contributed by atoms with E-state index in [0.717, 1.165) is 11.8 Å². The number of aliphatic carboxylic acids is 1. The van der Waals surface area contributed by atoms with Crippen LogP contribution in [0.15, 0.2) is 42.2 Å². The molecule has 9 atom stereocenters. The number of methoxy groups -OCH3 is 1. The Morgan fingerprint density at radius 2 is 1.82 bits per heavy atom. The second-order valence-corrected chi connectivity index (χ2v) is 9.73. The minimum absolute atomic E-state index is 0.0165.